The summed E-state index contributed by atoms with van der Waals surface area (Å²) in [6.45, 7) is 0. The Hall–Kier alpha value is -3.42. The molecule has 0 amide bonds. The van der Waals surface area contributed by atoms with Gasteiger partial charge in [0.25, 0.3) is 0 Å². The highest BCUT2D eigenvalue weighted by atomic mass is 19.4. The molecular formula is C25H23F3N3O2-. The maximum absolute atomic E-state index is 12.6. The summed E-state index contributed by atoms with van der Waals surface area (Å²) >= 11 is 0. The molecule has 1 fully saturated rings. The Morgan fingerprint density at radius 1 is 0.909 bits per heavy atom. The van der Waals surface area contributed by atoms with Gasteiger partial charge in [-0.1, -0.05) is 24.3 Å². The van der Waals surface area contributed by atoms with Gasteiger partial charge < -0.3 is 15.2 Å². The van der Waals surface area contributed by atoms with Crippen LogP contribution in [0.25, 0.3) is 11.3 Å². The molecule has 5 nitrogen and oxygen atoms in total. The van der Waals surface area contributed by atoms with Gasteiger partial charge in [-0.15, -0.1) is 0 Å². The number of carbonyl (C=O) groups is 1. The lowest BCUT2D eigenvalue weighted by Crippen LogP contribution is -2.26. The van der Waals surface area contributed by atoms with Crippen LogP contribution in [0.5, 0.6) is 0 Å². The molecular weight excluding hydrogens is 431 g/mol. The van der Waals surface area contributed by atoms with Gasteiger partial charge in [-0.3, -0.25) is 4.98 Å². The number of rotatable bonds is 6. The van der Waals surface area contributed by atoms with Crippen molar-refractivity contribution in [3.8, 4) is 11.3 Å². The van der Waals surface area contributed by atoms with Gasteiger partial charge in [0.05, 0.1) is 29.5 Å². The normalized spacial score (nSPS) is 18.6. The number of benzene rings is 1. The zero-order valence-electron chi connectivity index (χ0n) is 17.8. The molecule has 172 valence electrons. The summed E-state index contributed by atoms with van der Waals surface area (Å²) in [5.41, 5.74) is 3.15. The zero-order chi connectivity index (χ0) is 23.4. The Morgan fingerprint density at radius 2 is 1.55 bits per heavy atom. The molecule has 1 aromatic carbocycles. The minimum atomic E-state index is -4.46. The summed E-state index contributed by atoms with van der Waals surface area (Å²) in [5.74, 6) is -0.304. The summed E-state index contributed by atoms with van der Waals surface area (Å²) in [6.07, 6.45) is 2.23. The van der Waals surface area contributed by atoms with Gasteiger partial charge in [-0.25, -0.2) is 4.98 Å². The maximum Gasteiger partial charge on any atom is 0.433 e. The van der Waals surface area contributed by atoms with Crippen LogP contribution in [0.15, 0.2) is 60.9 Å². The summed E-state index contributed by atoms with van der Waals surface area (Å²) < 4.78 is 37.9. The number of nitrogens with zero attached hydrogens (tertiary/aromatic N) is 2. The third-order valence-corrected chi connectivity index (χ3v) is 6.09. The van der Waals surface area contributed by atoms with Gasteiger partial charge >= 0.3 is 6.18 Å². The Morgan fingerprint density at radius 3 is 2.06 bits per heavy atom. The van der Waals surface area contributed by atoms with Crippen LogP contribution >= 0.6 is 0 Å². The number of aliphatic carboxylic acids is 1. The lowest BCUT2D eigenvalue weighted by atomic mass is 9.77. The smallest absolute Gasteiger partial charge is 0.433 e. The number of halogens is 3. The zero-order valence-corrected chi connectivity index (χ0v) is 17.8. The molecule has 1 saturated carbocycles. The molecule has 0 saturated heterocycles. The molecule has 0 bridgehead atoms. The Balaban J connectivity index is 1.36. The molecule has 2 heterocycles. The first kappa shape index (κ1) is 22.8. The lowest BCUT2D eigenvalue weighted by molar-refractivity contribution is -0.307. The fourth-order valence-electron chi connectivity index (χ4n) is 4.30. The minimum Gasteiger partial charge on any atom is -0.550 e. The molecule has 0 aliphatic heterocycles. The van der Waals surface area contributed by atoms with E-state index >= 15 is 0 Å². The van der Waals surface area contributed by atoms with Gasteiger partial charge in [-0.2, -0.15) is 13.2 Å². The van der Waals surface area contributed by atoms with E-state index in [9.17, 15) is 23.1 Å². The number of carbonyl (C=O) groups excluding carboxylic acids is 1. The Bertz CT molecular complexity index is 1070. The van der Waals surface area contributed by atoms with E-state index in [1.807, 2.05) is 24.3 Å². The average molecular weight is 454 g/mol. The number of anilines is 2. The molecule has 4 rings (SSSR count). The van der Waals surface area contributed by atoms with E-state index in [1.54, 1.807) is 6.20 Å². The number of pyridine rings is 2. The number of alkyl halides is 3. The predicted molar refractivity (Wildman–Crippen MR) is 117 cm³/mol. The van der Waals surface area contributed by atoms with Crippen molar-refractivity contribution in [2.45, 2.75) is 44.2 Å². The SMILES string of the molecule is O=C([O-])CC1CCC(c2ccc(-c3ccc(Nc4ccc(C(F)(F)F)nc4)cn3)cc2)CC1. The Kier molecular flexibility index (Phi) is 6.62. The molecule has 33 heavy (non-hydrogen) atoms. The van der Waals surface area contributed by atoms with Crippen LogP contribution in [-0.4, -0.2) is 15.9 Å². The number of hydrogen-bond acceptors (Lipinski definition) is 5. The molecule has 0 unspecified atom stereocenters. The second kappa shape index (κ2) is 9.60. The van der Waals surface area contributed by atoms with E-state index in [1.165, 1.54) is 11.6 Å². The monoisotopic (exact) mass is 454 g/mol. The Labute approximate surface area is 189 Å². The molecule has 1 aliphatic carbocycles. The predicted octanol–water partition coefficient (Wildman–Crippen LogP) is 5.32. The summed E-state index contributed by atoms with van der Waals surface area (Å²) in [7, 11) is 0. The summed E-state index contributed by atoms with van der Waals surface area (Å²) in [4.78, 5) is 18.7. The third kappa shape index (κ3) is 5.88. The van der Waals surface area contributed by atoms with Gasteiger partial charge in [0.2, 0.25) is 0 Å². The number of aromatic nitrogens is 2. The van der Waals surface area contributed by atoms with Crippen molar-refractivity contribution in [2.75, 3.05) is 5.32 Å². The molecule has 0 spiro atoms. The second-order valence-electron chi connectivity index (χ2n) is 8.40. The molecule has 1 aliphatic rings. The first-order valence-electron chi connectivity index (χ1n) is 10.8. The van der Waals surface area contributed by atoms with E-state index in [-0.39, 0.29) is 12.3 Å². The second-order valence-corrected chi connectivity index (χ2v) is 8.40. The fraction of sp³-hybridized carbons (Fsp3) is 0.320. The molecule has 2 aromatic heterocycles. The van der Waals surface area contributed by atoms with Crippen molar-refractivity contribution < 1.29 is 23.1 Å². The van der Waals surface area contributed by atoms with Crippen molar-refractivity contribution in [3.05, 3.63) is 72.2 Å². The molecule has 1 N–H and O–H groups in total. The number of nitrogens with one attached hydrogen (secondary N) is 1. The first-order chi connectivity index (χ1) is 15.8. The topological polar surface area (TPSA) is 77.9 Å². The molecule has 0 atom stereocenters. The van der Waals surface area contributed by atoms with E-state index in [0.717, 1.165) is 49.2 Å². The molecule has 8 heteroatoms. The van der Waals surface area contributed by atoms with Crippen LogP contribution in [0.1, 0.15) is 49.3 Å². The molecule has 0 radical (unpaired) electrons. The van der Waals surface area contributed by atoms with Crippen LogP contribution in [0, 0.1) is 5.92 Å². The van der Waals surface area contributed by atoms with E-state index in [0.29, 0.717) is 17.3 Å². The van der Waals surface area contributed by atoms with Crippen LogP contribution in [0.4, 0.5) is 24.5 Å². The number of carboxylic acids is 1. The summed E-state index contributed by atoms with van der Waals surface area (Å²) in [5, 5.41) is 13.8. The van der Waals surface area contributed by atoms with Crippen molar-refractivity contribution >= 4 is 17.3 Å². The minimum absolute atomic E-state index is 0.150. The highest BCUT2D eigenvalue weighted by molar-refractivity contribution is 5.65. The van der Waals surface area contributed by atoms with Crippen molar-refractivity contribution in [3.63, 3.8) is 0 Å². The number of carboxylic acid groups (broad SMARTS) is 1. The highest BCUT2D eigenvalue weighted by Crippen LogP contribution is 2.37. The quantitative estimate of drug-likeness (QED) is 0.546. The lowest BCUT2D eigenvalue weighted by Gasteiger charge is -2.29. The van der Waals surface area contributed by atoms with Gasteiger partial charge in [-0.05, 0) is 73.8 Å². The molecule has 3 aromatic rings. The standard InChI is InChI=1S/C25H24F3N3O2/c26-25(27,28)23-12-10-21(15-30-23)31-20-9-11-22(29-14-20)19-7-5-18(6-8-19)17-3-1-16(2-4-17)13-24(32)33/h5-12,14-17,31H,1-4,13H2,(H,32,33)/p-1. The van der Waals surface area contributed by atoms with Crippen LogP contribution in [-0.2, 0) is 11.0 Å². The largest absolute Gasteiger partial charge is 0.550 e. The number of hydrogen-bond donors (Lipinski definition) is 1. The van der Waals surface area contributed by atoms with Crippen LogP contribution in [0.3, 0.4) is 0 Å². The fourth-order valence-corrected chi connectivity index (χ4v) is 4.30. The average Bonchev–Trinajstić information content (AvgIpc) is 2.80. The van der Waals surface area contributed by atoms with Crippen LogP contribution in [0.2, 0.25) is 0 Å². The van der Waals surface area contributed by atoms with E-state index in [2.05, 4.69) is 27.4 Å². The van der Waals surface area contributed by atoms with Gasteiger partial charge in [0.15, 0.2) is 0 Å². The van der Waals surface area contributed by atoms with Crippen molar-refractivity contribution in [1.29, 1.82) is 0 Å². The maximum atomic E-state index is 12.6. The van der Waals surface area contributed by atoms with E-state index < -0.39 is 17.8 Å². The van der Waals surface area contributed by atoms with Crippen LogP contribution < -0.4 is 10.4 Å². The first-order valence-corrected chi connectivity index (χ1v) is 10.8. The summed E-state index contributed by atoms with van der Waals surface area (Å²) in [6, 6.07) is 14.2. The highest BCUT2D eigenvalue weighted by Gasteiger charge is 2.32. The van der Waals surface area contributed by atoms with E-state index in [4.69, 9.17) is 0 Å². The van der Waals surface area contributed by atoms with Gasteiger partial charge in [0, 0.05) is 11.5 Å². The van der Waals surface area contributed by atoms with Crippen molar-refractivity contribution in [2.24, 2.45) is 5.92 Å². The third-order valence-electron chi connectivity index (χ3n) is 6.09. The van der Waals surface area contributed by atoms with Gasteiger partial charge in [0.1, 0.15) is 5.69 Å². The van der Waals surface area contributed by atoms with Crippen molar-refractivity contribution in [1.82, 2.24) is 9.97 Å².